The molecule has 0 spiro atoms. The Balaban J connectivity index is 2.41. The van der Waals surface area contributed by atoms with Gasteiger partial charge in [-0.2, -0.15) is 0 Å². The van der Waals surface area contributed by atoms with Crippen molar-refractivity contribution in [1.29, 1.82) is 0 Å². The summed E-state index contributed by atoms with van der Waals surface area (Å²) in [7, 11) is -5.04. The topological polar surface area (TPSA) is 192 Å². The zero-order valence-corrected chi connectivity index (χ0v) is 41.6. The van der Waals surface area contributed by atoms with Gasteiger partial charge in [0.2, 0.25) is 0 Å². The predicted molar refractivity (Wildman–Crippen MR) is 267 cm³/mol. The minimum atomic E-state index is -5.04. The Bertz CT molecular complexity index is 1410. The summed E-state index contributed by atoms with van der Waals surface area (Å²) >= 11 is 0. The quantitative estimate of drug-likeness (QED) is 0.0147. The van der Waals surface area contributed by atoms with Crippen molar-refractivity contribution >= 4 is 13.8 Å². The van der Waals surface area contributed by atoms with E-state index in [1.54, 1.807) is 0 Å². The number of phosphoric acid groups is 1. The Hall–Kier alpha value is -2.48. The average Bonchev–Trinajstić information content (AvgIpc) is 3.30. The lowest BCUT2D eigenvalue weighted by Gasteiger charge is -2.41. The minimum absolute atomic E-state index is 0.122. The van der Waals surface area contributed by atoms with Gasteiger partial charge in [-0.05, 0) is 83.5 Å². The van der Waals surface area contributed by atoms with Gasteiger partial charge in [0.05, 0.1) is 13.2 Å². The van der Waals surface area contributed by atoms with Crippen LogP contribution in [0.3, 0.4) is 0 Å². The van der Waals surface area contributed by atoms with Crippen LogP contribution in [0.5, 0.6) is 0 Å². The van der Waals surface area contributed by atoms with Gasteiger partial charge in [0.1, 0.15) is 42.7 Å². The molecule has 6 N–H and O–H groups in total. The van der Waals surface area contributed by atoms with Gasteiger partial charge in [-0.15, -0.1) is 0 Å². The highest BCUT2D eigenvalue weighted by atomic mass is 31.2. The van der Waals surface area contributed by atoms with E-state index in [0.29, 0.717) is 19.4 Å². The SMILES string of the molecule is CC/C=C\C/C=C\C/C=C\C/C=C\C/C=C\C/C=C\CCCOCC(COP(=O)(O)OC1C(O)C(O)C(O)C(O)C1O)OC(=O)CCCCCCCCCCC/C=C\CCCCCCCC. The van der Waals surface area contributed by atoms with Crippen LogP contribution in [0.25, 0.3) is 0 Å². The Morgan fingerprint density at radius 3 is 1.38 bits per heavy atom. The lowest BCUT2D eigenvalue weighted by molar-refractivity contribution is -0.220. The highest BCUT2D eigenvalue weighted by molar-refractivity contribution is 7.47. The molecule has 0 aromatic rings. The monoisotopic (exact) mass is 951 g/mol. The van der Waals surface area contributed by atoms with E-state index in [1.165, 1.54) is 83.5 Å². The molecule has 12 nitrogen and oxygen atoms in total. The number of carbonyl (C=O) groups excluding carboxylic acids is 1. The first kappa shape index (κ1) is 61.5. The summed E-state index contributed by atoms with van der Waals surface area (Å²) in [6.07, 6.45) is 45.1. The molecule has 380 valence electrons. The van der Waals surface area contributed by atoms with Crippen molar-refractivity contribution in [2.45, 2.75) is 224 Å². The third kappa shape index (κ3) is 33.9. The Morgan fingerprint density at radius 1 is 0.500 bits per heavy atom. The summed E-state index contributed by atoms with van der Waals surface area (Å²) in [6.45, 7) is 4.00. The molecule has 0 amide bonds. The molecule has 1 aliphatic carbocycles. The predicted octanol–water partition coefficient (Wildman–Crippen LogP) is 11.3. The van der Waals surface area contributed by atoms with E-state index in [0.717, 1.165) is 64.2 Å². The highest BCUT2D eigenvalue weighted by Gasteiger charge is 2.51. The Labute approximate surface area is 399 Å². The van der Waals surface area contributed by atoms with Gasteiger partial charge < -0.3 is 39.9 Å². The molecular formula is C53H91O12P. The van der Waals surface area contributed by atoms with Crippen molar-refractivity contribution in [2.75, 3.05) is 19.8 Å². The van der Waals surface area contributed by atoms with E-state index in [-0.39, 0.29) is 13.0 Å². The maximum Gasteiger partial charge on any atom is 0.472 e. The minimum Gasteiger partial charge on any atom is -0.457 e. The molecule has 13 heteroatoms. The van der Waals surface area contributed by atoms with Gasteiger partial charge >= 0.3 is 13.8 Å². The zero-order chi connectivity index (χ0) is 48.4. The molecule has 0 radical (unpaired) electrons. The lowest BCUT2D eigenvalue weighted by atomic mass is 9.85. The van der Waals surface area contributed by atoms with Crippen LogP contribution in [0.15, 0.2) is 85.1 Å². The molecule has 0 saturated heterocycles. The summed E-state index contributed by atoms with van der Waals surface area (Å²) in [5.41, 5.74) is 0. The van der Waals surface area contributed by atoms with Gasteiger partial charge in [-0.3, -0.25) is 13.8 Å². The third-order valence-corrected chi connectivity index (χ3v) is 12.2. The molecule has 0 aromatic heterocycles. The van der Waals surface area contributed by atoms with Crippen LogP contribution in [0.2, 0.25) is 0 Å². The molecule has 1 rings (SSSR count). The standard InChI is InChI=1S/C53H91O12P/c1-3-5-7-9-11-13-15-17-19-21-23-25-27-29-31-33-35-37-39-41-43-62-44-46(45-63-66(60,61)65-53-51(58)49(56)48(55)50(57)52(53)59)64-47(54)42-40-38-36-34-32-30-28-26-24-22-20-18-16-14-12-10-8-6-4-2/h5,7,11,13,17-20,23,25,29,31,35,37,46,48-53,55-59H,3-4,6,8-10,12,14-16,21-22,24,26-28,30,32-34,36,38-45H2,1-2H3,(H,60,61)/b7-5-,13-11-,19-17-,20-18-,25-23-,31-29-,37-35-. The fourth-order valence-corrected chi connectivity index (χ4v) is 8.22. The van der Waals surface area contributed by atoms with Crippen molar-refractivity contribution in [3.8, 4) is 0 Å². The first-order valence-electron chi connectivity index (χ1n) is 25.4. The summed E-state index contributed by atoms with van der Waals surface area (Å²) in [6, 6.07) is 0. The van der Waals surface area contributed by atoms with E-state index in [9.17, 15) is 39.8 Å². The molecule has 0 bridgehead atoms. The largest absolute Gasteiger partial charge is 0.472 e. The van der Waals surface area contributed by atoms with Crippen LogP contribution < -0.4 is 0 Å². The third-order valence-electron chi connectivity index (χ3n) is 11.3. The number of aliphatic hydroxyl groups is 5. The van der Waals surface area contributed by atoms with Crippen LogP contribution in [0, 0.1) is 0 Å². The molecule has 0 aliphatic heterocycles. The van der Waals surface area contributed by atoms with Crippen LogP contribution >= 0.6 is 7.82 Å². The van der Waals surface area contributed by atoms with Crippen LogP contribution in [-0.4, -0.2) is 98.9 Å². The van der Waals surface area contributed by atoms with Gasteiger partial charge in [-0.1, -0.05) is 176 Å². The summed E-state index contributed by atoms with van der Waals surface area (Å²) in [5.74, 6) is -0.502. The Kier molecular flexibility index (Phi) is 39.7. The first-order chi connectivity index (χ1) is 32.0. The maximum atomic E-state index is 12.8. The molecule has 1 aliphatic rings. The second kappa shape index (κ2) is 42.6. The molecular weight excluding hydrogens is 860 g/mol. The fraction of sp³-hybridized carbons (Fsp3) is 0.717. The highest BCUT2D eigenvalue weighted by Crippen LogP contribution is 2.47. The fourth-order valence-electron chi connectivity index (χ4n) is 7.25. The van der Waals surface area contributed by atoms with E-state index in [2.05, 4.69) is 98.9 Å². The Morgan fingerprint density at radius 2 is 0.894 bits per heavy atom. The normalized spacial score (nSPS) is 22.1. The number of rotatable bonds is 42. The van der Waals surface area contributed by atoms with Crippen molar-refractivity contribution in [3.05, 3.63) is 85.1 Å². The number of hydrogen-bond donors (Lipinski definition) is 6. The number of esters is 1. The van der Waals surface area contributed by atoms with Crippen LogP contribution in [-0.2, 0) is 27.9 Å². The molecule has 66 heavy (non-hydrogen) atoms. The second-order valence-electron chi connectivity index (χ2n) is 17.3. The molecule has 1 fully saturated rings. The smallest absolute Gasteiger partial charge is 0.457 e. The number of carbonyl (C=O) groups is 1. The van der Waals surface area contributed by atoms with E-state index >= 15 is 0 Å². The van der Waals surface area contributed by atoms with Crippen molar-refractivity contribution in [3.63, 3.8) is 0 Å². The van der Waals surface area contributed by atoms with Gasteiger partial charge in [-0.25, -0.2) is 4.57 Å². The number of ether oxygens (including phenoxy) is 2. The van der Waals surface area contributed by atoms with Crippen molar-refractivity contribution < 1.29 is 58.3 Å². The number of aliphatic hydroxyl groups excluding tert-OH is 5. The van der Waals surface area contributed by atoms with Gasteiger partial charge in [0.25, 0.3) is 0 Å². The summed E-state index contributed by atoms with van der Waals surface area (Å²) in [5, 5.41) is 50.3. The van der Waals surface area contributed by atoms with Crippen LogP contribution in [0.1, 0.15) is 181 Å². The maximum absolute atomic E-state index is 12.8. The van der Waals surface area contributed by atoms with E-state index in [1.807, 2.05) is 0 Å². The van der Waals surface area contributed by atoms with Crippen molar-refractivity contribution in [1.82, 2.24) is 0 Å². The number of phosphoric ester groups is 1. The lowest BCUT2D eigenvalue weighted by Crippen LogP contribution is -2.64. The molecule has 0 aromatic carbocycles. The number of unbranched alkanes of at least 4 members (excludes halogenated alkanes) is 16. The van der Waals surface area contributed by atoms with Gasteiger partial charge in [0, 0.05) is 13.0 Å². The second-order valence-corrected chi connectivity index (χ2v) is 18.7. The van der Waals surface area contributed by atoms with E-state index < -0.39 is 63.1 Å². The first-order valence-corrected chi connectivity index (χ1v) is 26.9. The average molecular weight is 951 g/mol. The molecule has 0 heterocycles. The summed E-state index contributed by atoms with van der Waals surface area (Å²) in [4.78, 5) is 23.2. The number of hydrogen-bond acceptors (Lipinski definition) is 11. The summed E-state index contributed by atoms with van der Waals surface area (Å²) < 4.78 is 34.2. The van der Waals surface area contributed by atoms with Crippen LogP contribution in [0.4, 0.5) is 0 Å². The molecule has 6 atom stereocenters. The molecule has 6 unspecified atom stereocenters. The van der Waals surface area contributed by atoms with Gasteiger partial charge in [0.15, 0.2) is 0 Å². The number of allylic oxidation sites excluding steroid dienone is 14. The molecule has 1 saturated carbocycles. The van der Waals surface area contributed by atoms with E-state index in [4.69, 9.17) is 18.5 Å². The zero-order valence-electron chi connectivity index (χ0n) is 40.7. The van der Waals surface area contributed by atoms with Crippen molar-refractivity contribution in [2.24, 2.45) is 0 Å².